The Morgan fingerprint density at radius 2 is 1.70 bits per heavy atom. The van der Waals surface area contributed by atoms with Crippen LogP contribution in [0.25, 0.3) is 0 Å². The summed E-state index contributed by atoms with van der Waals surface area (Å²) in [6, 6.07) is 15.4. The summed E-state index contributed by atoms with van der Waals surface area (Å²) in [4.78, 5) is 14.4. The van der Waals surface area contributed by atoms with Crippen LogP contribution in [-0.4, -0.2) is 31.5 Å². The van der Waals surface area contributed by atoms with E-state index in [9.17, 15) is 4.79 Å². The van der Waals surface area contributed by atoms with Gasteiger partial charge in [-0.15, -0.1) is 0 Å². The van der Waals surface area contributed by atoms with Gasteiger partial charge in [-0.1, -0.05) is 24.3 Å². The number of hydrogen-bond acceptors (Lipinski definition) is 3. The first-order valence-corrected chi connectivity index (χ1v) is 7.82. The number of nitrogens with one attached hydrogen (secondary N) is 1. The Morgan fingerprint density at radius 1 is 1.04 bits per heavy atom. The summed E-state index contributed by atoms with van der Waals surface area (Å²) in [5.41, 5.74) is 3.00. The molecule has 0 heterocycles. The lowest BCUT2D eigenvalue weighted by Gasteiger charge is -2.14. The van der Waals surface area contributed by atoms with Crippen LogP contribution in [0, 0.1) is 0 Å². The summed E-state index contributed by atoms with van der Waals surface area (Å²) in [5, 5.41) is 2.98. The number of rotatable bonds is 7. The Bertz CT molecular complexity index is 636. The Labute approximate surface area is 138 Å². The van der Waals surface area contributed by atoms with Gasteiger partial charge in [-0.05, 0) is 56.4 Å². The van der Waals surface area contributed by atoms with Gasteiger partial charge in [0, 0.05) is 18.7 Å². The van der Waals surface area contributed by atoms with Crippen LogP contribution in [0.5, 0.6) is 5.75 Å². The Balaban J connectivity index is 1.99. The normalized spacial score (nSPS) is 10.6. The molecule has 23 heavy (non-hydrogen) atoms. The molecule has 0 fully saturated rings. The van der Waals surface area contributed by atoms with Crippen LogP contribution >= 0.6 is 0 Å². The smallest absolute Gasteiger partial charge is 0.251 e. The first-order chi connectivity index (χ1) is 11.1. The number of hydrogen-bond donors (Lipinski definition) is 1. The van der Waals surface area contributed by atoms with Crippen molar-refractivity contribution in [3.05, 3.63) is 65.2 Å². The quantitative estimate of drug-likeness (QED) is 0.854. The van der Waals surface area contributed by atoms with Gasteiger partial charge in [0.2, 0.25) is 0 Å². The highest BCUT2D eigenvalue weighted by Crippen LogP contribution is 2.13. The SMILES string of the molecule is CCOc1ccc(C(=O)NCc2ccccc2CN(C)C)cc1. The van der Waals surface area contributed by atoms with Crippen molar-refractivity contribution in [2.24, 2.45) is 0 Å². The molecule has 0 saturated carbocycles. The maximum Gasteiger partial charge on any atom is 0.251 e. The van der Waals surface area contributed by atoms with E-state index in [0.717, 1.165) is 17.9 Å². The van der Waals surface area contributed by atoms with Gasteiger partial charge in [-0.25, -0.2) is 0 Å². The Hall–Kier alpha value is -2.33. The van der Waals surface area contributed by atoms with Crippen molar-refractivity contribution in [1.82, 2.24) is 10.2 Å². The third-order valence-corrected chi connectivity index (χ3v) is 3.47. The van der Waals surface area contributed by atoms with E-state index in [0.29, 0.717) is 18.7 Å². The molecular formula is C19H24N2O2. The molecule has 0 saturated heterocycles. The maximum absolute atomic E-state index is 12.3. The molecule has 0 spiro atoms. The fourth-order valence-corrected chi connectivity index (χ4v) is 2.37. The third-order valence-electron chi connectivity index (χ3n) is 3.47. The van der Waals surface area contributed by atoms with Crippen molar-refractivity contribution in [1.29, 1.82) is 0 Å². The lowest BCUT2D eigenvalue weighted by atomic mass is 10.1. The number of ether oxygens (including phenoxy) is 1. The summed E-state index contributed by atoms with van der Waals surface area (Å²) in [6.07, 6.45) is 0. The van der Waals surface area contributed by atoms with E-state index in [1.54, 1.807) is 12.1 Å². The summed E-state index contributed by atoms with van der Waals surface area (Å²) >= 11 is 0. The minimum atomic E-state index is -0.0762. The van der Waals surface area contributed by atoms with Gasteiger partial charge in [0.25, 0.3) is 5.91 Å². The lowest BCUT2D eigenvalue weighted by molar-refractivity contribution is 0.0951. The highest BCUT2D eigenvalue weighted by atomic mass is 16.5. The number of amides is 1. The molecule has 4 nitrogen and oxygen atoms in total. The van der Waals surface area contributed by atoms with Crippen molar-refractivity contribution in [2.45, 2.75) is 20.0 Å². The molecule has 4 heteroatoms. The minimum absolute atomic E-state index is 0.0762. The van der Waals surface area contributed by atoms with Crippen LogP contribution < -0.4 is 10.1 Å². The summed E-state index contributed by atoms with van der Waals surface area (Å²) < 4.78 is 5.39. The standard InChI is InChI=1S/C19H24N2O2/c1-4-23-18-11-9-15(10-12-18)19(22)20-13-16-7-5-6-8-17(16)14-21(2)3/h5-12H,4,13-14H2,1-3H3,(H,20,22). The van der Waals surface area contributed by atoms with Crippen molar-refractivity contribution < 1.29 is 9.53 Å². The zero-order valence-corrected chi connectivity index (χ0v) is 14.0. The highest BCUT2D eigenvalue weighted by Gasteiger charge is 2.08. The van der Waals surface area contributed by atoms with Gasteiger partial charge >= 0.3 is 0 Å². The molecule has 0 aliphatic carbocycles. The number of carbonyl (C=O) groups is 1. The molecular weight excluding hydrogens is 288 g/mol. The Morgan fingerprint density at radius 3 is 2.30 bits per heavy atom. The summed E-state index contributed by atoms with van der Waals surface area (Å²) in [5.74, 6) is 0.702. The zero-order valence-electron chi connectivity index (χ0n) is 14.0. The average Bonchev–Trinajstić information content (AvgIpc) is 2.54. The van der Waals surface area contributed by atoms with E-state index in [1.165, 1.54) is 5.56 Å². The molecule has 0 aliphatic rings. The monoisotopic (exact) mass is 312 g/mol. The van der Waals surface area contributed by atoms with Gasteiger partial charge in [0.1, 0.15) is 5.75 Å². The van der Waals surface area contributed by atoms with Crippen molar-refractivity contribution in [3.63, 3.8) is 0 Å². The predicted octanol–water partition coefficient (Wildman–Crippen LogP) is 3.08. The van der Waals surface area contributed by atoms with E-state index in [2.05, 4.69) is 22.3 Å². The van der Waals surface area contributed by atoms with Crippen molar-refractivity contribution in [2.75, 3.05) is 20.7 Å². The highest BCUT2D eigenvalue weighted by molar-refractivity contribution is 5.94. The first-order valence-electron chi connectivity index (χ1n) is 7.82. The number of nitrogens with zero attached hydrogens (tertiary/aromatic N) is 1. The number of benzene rings is 2. The zero-order chi connectivity index (χ0) is 16.7. The van der Waals surface area contributed by atoms with Crippen molar-refractivity contribution in [3.8, 4) is 5.75 Å². The van der Waals surface area contributed by atoms with Gasteiger partial charge in [0.15, 0.2) is 0 Å². The fourth-order valence-electron chi connectivity index (χ4n) is 2.37. The van der Waals surface area contributed by atoms with Crippen LogP contribution in [0.3, 0.4) is 0 Å². The van der Waals surface area contributed by atoms with E-state index in [1.807, 2.05) is 45.3 Å². The fraction of sp³-hybridized carbons (Fsp3) is 0.316. The molecule has 122 valence electrons. The second-order valence-electron chi connectivity index (χ2n) is 5.65. The predicted molar refractivity (Wildman–Crippen MR) is 92.6 cm³/mol. The topological polar surface area (TPSA) is 41.6 Å². The average molecular weight is 312 g/mol. The minimum Gasteiger partial charge on any atom is -0.494 e. The van der Waals surface area contributed by atoms with Gasteiger partial charge in [-0.3, -0.25) is 4.79 Å². The van der Waals surface area contributed by atoms with E-state index < -0.39 is 0 Å². The molecule has 1 N–H and O–H groups in total. The number of carbonyl (C=O) groups excluding carboxylic acids is 1. The van der Waals surface area contributed by atoms with Crippen LogP contribution in [0.1, 0.15) is 28.4 Å². The largest absolute Gasteiger partial charge is 0.494 e. The molecule has 2 rings (SSSR count). The molecule has 0 atom stereocenters. The van der Waals surface area contributed by atoms with Gasteiger partial charge in [0.05, 0.1) is 6.61 Å². The van der Waals surface area contributed by atoms with Crippen LogP contribution in [0.4, 0.5) is 0 Å². The second-order valence-corrected chi connectivity index (χ2v) is 5.65. The molecule has 0 radical (unpaired) electrons. The first kappa shape index (κ1) is 17.0. The van der Waals surface area contributed by atoms with Gasteiger partial charge < -0.3 is 15.0 Å². The van der Waals surface area contributed by atoms with Crippen LogP contribution in [0.15, 0.2) is 48.5 Å². The molecule has 2 aromatic carbocycles. The molecule has 2 aromatic rings. The van der Waals surface area contributed by atoms with Crippen LogP contribution in [0.2, 0.25) is 0 Å². The lowest BCUT2D eigenvalue weighted by Crippen LogP contribution is -2.24. The molecule has 0 aromatic heterocycles. The van der Waals surface area contributed by atoms with Gasteiger partial charge in [-0.2, -0.15) is 0 Å². The van der Waals surface area contributed by atoms with E-state index >= 15 is 0 Å². The van der Waals surface area contributed by atoms with Crippen LogP contribution in [-0.2, 0) is 13.1 Å². The second kappa shape index (κ2) is 8.34. The van der Waals surface area contributed by atoms with Crippen molar-refractivity contribution >= 4 is 5.91 Å². The summed E-state index contributed by atoms with van der Waals surface area (Å²) in [6.45, 7) is 3.94. The molecule has 0 bridgehead atoms. The maximum atomic E-state index is 12.3. The molecule has 0 unspecified atom stereocenters. The molecule has 0 aliphatic heterocycles. The van der Waals surface area contributed by atoms with E-state index in [-0.39, 0.29) is 5.91 Å². The Kier molecular flexibility index (Phi) is 6.18. The van der Waals surface area contributed by atoms with E-state index in [4.69, 9.17) is 4.74 Å². The molecule has 1 amide bonds. The summed E-state index contributed by atoms with van der Waals surface area (Å²) in [7, 11) is 4.07. The third kappa shape index (κ3) is 5.11.